The highest BCUT2D eigenvalue weighted by Crippen LogP contribution is 2.36. The summed E-state index contributed by atoms with van der Waals surface area (Å²) in [5.74, 6) is 1.69. The van der Waals surface area contributed by atoms with Crippen LogP contribution in [0.5, 0.6) is 5.75 Å². The quantitative estimate of drug-likeness (QED) is 0.324. The van der Waals surface area contributed by atoms with Crippen LogP contribution in [0.4, 0.5) is 0 Å². The van der Waals surface area contributed by atoms with Crippen LogP contribution in [0.1, 0.15) is 29.5 Å². The zero-order valence-electron chi connectivity index (χ0n) is 18.1. The lowest BCUT2D eigenvalue weighted by Gasteiger charge is -2.35. The van der Waals surface area contributed by atoms with E-state index in [0.717, 1.165) is 59.2 Å². The second-order valence-electron chi connectivity index (χ2n) is 7.99. The number of halogens is 2. The number of likely N-dealkylation sites (tertiary alicyclic amines) is 1. The second kappa shape index (κ2) is 10.7. The number of thioether (sulfide) groups is 1. The summed E-state index contributed by atoms with van der Waals surface area (Å²) < 4.78 is 6.16. The molecule has 0 amide bonds. The van der Waals surface area contributed by atoms with Crippen LogP contribution in [0.3, 0.4) is 0 Å². The molecular formula is C26H26Cl2N2OS. The number of benzene rings is 2. The normalized spacial score (nSPS) is 14.4. The van der Waals surface area contributed by atoms with Gasteiger partial charge in [-0.15, -0.1) is 11.8 Å². The monoisotopic (exact) mass is 484 g/mol. The van der Waals surface area contributed by atoms with Crippen molar-refractivity contribution in [2.45, 2.75) is 36.5 Å². The first-order chi connectivity index (χ1) is 15.5. The van der Waals surface area contributed by atoms with E-state index in [1.807, 2.05) is 42.7 Å². The average Bonchev–Trinajstić information content (AvgIpc) is 2.80. The van der Waals surface area contributed by atoms with Crippen LogP contribution in [0.15, 0.2) is 72.4 Å². The molecule has 1 aliphatic rings. The number of hydrogen-bond acceptors (Lipinski definition) is 4. The van der Waals surface area contributed by atoms with E-state index in [1.54, 1.807) is 11.8 Å². The predicted molar refractivity (Wildman–Crippen MR) is 136 cm³/mol. The molecule has 0 saturated carbocycles. The maximum atomic E-state index is 6.30. The van der Waals surface area contributed by atoms with Gasteiger partial charge in [-0.05, 0) is 42.8 Å². The van der Waals surface area contributed by atoms with Gasteiger partial charge in [0.25, 0.3) is 0 Å². The summed E-state index contributed by atoms with van der Waals surface area (Å²) in [4.78, 5) is 7.67. The predicted octanol–water partition coefficient (Wildman–Crippen LogP) is 7.50. The molecule has 0 bridgehead atoms. The maximum Gasteiger partial charge on any atom is 0.119 e. The number of ether oxygens (including phenoxy) is 1. The van der Waals surface area contributed by atoms with Gasteiger partial charge >= 0.3 is 0 Å². The fraction of sp³-hybridized carbons (Fsp3) is 0.269. The molecule has 4 rings (SSSR count). The Morgan fingerprint density at radius 2 is 1.78 bits per heavy atom. The lowest BCUT2D eigenvalue weighted by atomic mass is 10.0. The Bertz CT molecular complexity index is 1060. The molecule has 0 radical (unpaired) electrons. The molecule has 0 atom stereocenters. The highest BCUT2D eigenvalue weighted by atomic mass is 35.5. The Balaban J connectivity index is 1.33. The number of pyridine rings is 1. The fourth-order valence-corrected chi connectivity index (χ4v) is 5.34. The smallest absolute Gasteiger partial charge is 0.119 e. The van der Waals surface area contributed by atoms with Crippen molar-refractivity contribution in [3.8, 4) is 5.75 Å². The molecule has 6 heteroatoms. The van der Waals surface area contributed by atoms with Gasteiger partial charge in [-0.2, -0.15) is 0 Å². The number of piperidine rings is 1. The van der Waals surface area contributed by atoms with Crippen molar-refractivity contribution in [3.63, 3.8) is 0 Å². The van der Waals surface area contributed by atoms with E-state index in [1.165, 1.54) is 5.56 Å². The van der Waals surface area contributed by atoms with Crippen molar-refractivity contribution in [1.82, 2.24) is 9.88 Å². The third-order valence-corrected chi connectivity index (χ3v) is 7.64. The number of aromatic nitrogens is 1. The average molecular weight is 485 g/mol. The van der Waals surface area contributed by atoms with E-state index in [4.69, 9.17) is 27.9 Å². The molecule has 1 saturated heterocycles. The summed E-state index contributed by atoms with van der Waals surface area (Å²) in [6.07, 6.45) is 5.95. The molecule has 0 aliphatic carbocycles. The minimum Gasteiger partial charge on any atom is -0.490 e. The van der Waals surface area contributed by atoms with Crippen LogP contribution in [-0.2, 0) is 5.75 Å². The minimum atomic E-state index is 0.239. The summed E-state index contributed by atoms with van der Waals surface area (Å²) in [5.41, 5.74) is 4.41. The minimum absolute atomic E-state index is 0.239. The molecule has 0 unspecified atom stereocenters. The number of rotatable bonds is 7. The van der Waals surface area contributed by atoms with Gasteiger partial charge in [-0.3, -0.25) is 4.98 Å². The molecule has 166 valence electrons. The molecule has 1 aromatic heterocycles. The summed E-state index contributed by atoms with van der Waals surface area (Å²) in [7, 11) is 0. The van der Waals surface area contributed by atoms with Crippen LogP contribution in [0.25, 0.3) is 5.70 Å². The molecule has 1 aliphatic heterocycles. The first-order valence-corrected chi connectivity index (χ1v) is 12.4. The van der Waals surface area contributed by atoms with E-state index in [-0.39, 0.29) is 6.10 Å². The Hall–Kier alpha value is -2.14. The lowest BCUT2D eigenvalue weighted by molar-refractivity contribution is 0.127. The Morgan fingerprint density at radius 3 is 2.47 bits per heavy atom. The van der Waals surface area contributed by atoms with E-state index in [2.05, 4.69) is 41.6 Å². The highest BCUT2D eigenvalue weighted by molar-refractivity contribution is 7.98. The highest BCUT2D eigenvalue weighted by Gasteiger charge is 2.22. The molecule has 2 aromatic carbocycles. The summed E-state index contributed by atoms with van der Waals surface area (Å²) in [5, 5.41) is 1.35. The summed E-state index contributed by atoms with van der Waals surface area (Å²) >= 11 is 14.2. The summed E-state index contributed by atoms with van der Waals surface area (Å²) in [6.45, 7) is 8.28. The van der Waals surface area contributed by atoms with Crippen LogP contribution in [0, 0.1) is 6.92 Å². The first kappa shape index (κ1) is 23.0. The molecule has 3 aromatic rings. The lowest BCUT2D eigenvalue weighted by Crippen LogP contribution is -2.37. The largest absolute Gasteiger partial charge is 0.490 e. The SMILES string of the molecule is C=C(c1cncc(CSc2c(Cl)cccc2Cl)c1)N1CCC(Oc2ccc(C)cc2)CC1. The molecule has 1 fully saturated rings. The van der Waals surface area contributed by atoms with Gasteiger partial charge in [-0.25, -0.2) is 0 Å². The number of nitrogens with zero attached hydrogens (tertiary/aromatic N) is 2. The van der Waals surface area contributed by atoms with E-state index >= 15 is 0 Å². The Kier molecular flexibility index (Phi) is 7.67. The van der Waals surface area contributed by atoms with Gasteiger partial charge in [0, 0.05) is 60.2 Å². The van der Waals surface area contributed by atoms with Gasteiger partial charge in [0.1, 0.15) is 11.9 Å². The molecule has 0 N–H and O–H groups in total. The number of aryl methyl sites for hydroxylation is 1. The zero-order chi connectivity index (χ0) is 22.5. The molecule has 2 heterocycles. The number of hydrogen-bond donors (Lipinski definition) is 0. The van der Waals surface area contributed by atoms with Gasteiger partial charge < -0.3 is 9.64 Å². The van der Waals surface area contributed by atoms with Gasteiger partial charge in [0.15, 0.2) is 0 Å². The van der Waals surface area contributed by atoms with Gasteiger partial charge in [-0.1, -0.05) is 53.5 Å². The van der Waals surface area contributed by atoms with Crippen LogP contribution in [-0.4, -0.2) is 29.1 Å². The fourth-order valence-electron chi connectivity index (χ4n) is 3.74. The zero-order valence-corrected chi connectivity index (χ0v) is 20.4. The second-order valence-corrected chi connectivity index (χ2v) is 9.79. The van der Waals surface area contributed by atoms with Crippen molar-refractivity contribution < 1.29 is 4.74 Å². The topological polar surface area (TPSA) is 25.4 Å². The molecule has 3 nitrogen and oxygen atoms in total. The van der Waals surface area contributed by atoms with Crippen molar-refractivity contribution in [2.75, 3.05) is 13.1 Å². The first-order valence-electron chi connectivity index (χ1n) is 10.7. The third kappa shape index (κ3) is 5.80. The van der Waals surface area contributed by atoms with E-state index in [0.29, 0.717) is 10.0 Å². The molecular weight excluding hydrogens is 459 g/mol. The van der Waals surface area contributed by atoms with Crippen molar-refractivity contribution >= 4 is 40.7 Å². The van der Waals surface area contributed by atoms with E-state index in [9.17, 15) is 0 Å². The van der Waals surface area contributed by atoms with Gasteiger partial charge in [0.05, 0.1) is 10.0 Å². The molecule has 0 spiro atoms. The molecule has 32 heavy (non-hydrogen) atoms. The van der Waals surface area contributed by atoms with Gasteiger partial charge in [0.2, 0.25) is 0 Å². The Morgan fingerprint density at radius 1 is 1.09 bits per heavy atom. The van der Waals surface area contributed by atoms with Crippen molar-refractivity contribution in [2.24, 2.45) is 0 Å². The Labute approximate surface area is 204 Å². The maximum absolute atomic E-state index is 6.30. The van der Waals surface area contributed by atoms with E-state index < -0.39 is 0 Å². The standard InChI is InChI=1S/C26H26Cl2N2OS/c1-18-6-8-22(9-7-18)31-23-10-12-30(13-11-23)19(2)21-14-20(15-29-16-21)17-32-26-24(27)4-3-5-25(26)28/h3-9,14-16,23H,2,10-13,17H2,1H3. The van der Waals surface area contributed by atoms with Crippen LogP contribution in [0.2, 0.25) is 10.0 Å². The van der Waals surface area contributed by atoms with Crippen molar-refractivity contribution in [1.29, 1.82) is 0 Å². The van der Waals surface area contributed by atoms with Crippen LogP contribution >= 0.6 is 35.0 Å². The van der Waals surface area contributed by atoms with Crippen molar-refractivity contribution in [3.05, 3.63) is 94.2 Å². The summed E-state index contributed by atoms with van der Waals surface area (Å²) in [6, 6.07) is 16.0. The third-order valence-electron chi connectivity index (χ3n) is 5.58. The van der Waals surface area contributed by atoms with Crippen LogP contribution < -0.4 is 4.74 Å².